The molecule has 2 atom stereocenters. The molecule has 2 aliphatic rings. The van der Waals surface area contributed by atoms with Crippen LogP contribution in [0, 0.1) is 0 Å². The number of β-lactam (4-membered cyclic amide) rings is 1. The Morgan fingerprint density at radius 2 is 2.41 bits per heavy atom. The number of methoxy groups -OCH3 is 1. The van der Waals surface area contributed by atoms with Crippen LogP contribution in [-0.4, -0.2) is 57.6 Å². The summed E-state index contributed by atoms with van der Waals surface area (Å²) in [6.07, 6.45) is 0.446. The summed E-state index contributed by atoms with van der Waals surface area (Å²) in [5.41, 5.74) is 0.175. The molecule has 2 aliphatic heterocycles. The minimum Gasteiger partial charge on any atom is -0.477 e. The van der Waals surface area contributed by atoms with E-state index in [1.165, 1.54) is 23.8 Å². The van der Waals surface area contributed by atoms with E-state index >= 15 is 0 Å². The Bertz CT molecular complexity index is 433. The minimum absolute atomic E-state index is 0.134. The first-order valence-corrected chi connectivity index (χ1v) is 5.78. The summed E-state index contributed by atoms with van der Waals surface area (Å²) in [4.78, 5) is 24.0. The topological polar surface area (TPSA) is 99.4 Å². The van der Waals surface area contributed by atoms with Crippen molar-refractivity contribution >= 4 is 29.9 Å². The first-order valence-electron chi connectivity index (χ1n) is 4.73. The van der Waals surface area contributed by atoms with Gasteiger partial charge in [-0.05, 0) is 0 Å². The lowest BCUT2D eigenvalue weighted by atomic mass is 10.1. The summed E-state index contributed by atoms with van der Waals surface area (Å²) in [6.45, 7) is 0. The van der Waals surface area contributed by atoms with Gasteiger partial charge in [-0.1, -0.05) is 5.16 Å². The number of hydrogen-bond acceptors (Lipinski definition) is 6. The van der Waals surface area contributed by atoms with Crippen LogP contribution in [0.5, 0.6) is 0 Å². The molecule has 7 nitrogen and oxygen atoms in total. The van der Waals surface area contributed by atoms with Gasteiger partial charge in [0.1, 0.15) is 11.1 Å². The standard InChI is InChI=1S/C9H10N2O5S/c1-16-6-7(12)11-5(9(13)14)4(2-10-15)3-17-8(6)11/h2,6,8,15H,3H2,1H3,(H,13,14)/t6?,8-/m0/s1. The zero-order chi connectivity index (χ0) is 12.6. The Hall–Kier alpha value is -1.54. The lowest BCUT2D eigenvalue weighted by molar-refractivity contribution is -0.162. The van der Waals surface area contributed by atoms with Gasteiger partial charge in [0.05, 0.1) is 6.21 Å². The number of carbonyl (C=O) groups excluding carboxylic acids is 1. The first kappa shape index (κ1) is 11.9. The number of rotatable bonds is 3. The van der Waals surface area contributed by atoms with Gasteiger partial charge >= 0.3 is 5.97 Å². The highest BCUT2D eigenvalue weighted by Gasteiger charge is 2.53. The van der Waals surface area contributed by atoms with Gasteiger partial charge in [0.2, 0.25) is 0 Å². The van der Waals surface area contributed by atoms with Gasteiger partial charge in [0, 0.05) is 18.4 Å². The van der Waals surface area contributed by atoms with Gasteiger partial charge in [-0.25, -0.2) is 4.79 Å². The Morgan fingerprint density at radius 1 is 1.71 bits per heavy atom. The molecule has 2 rings (SSSR count). The third-order valence-electron chi connectivity index (χ3n) is 2.62. The number of carboxylic acid groups (broad SMARTS) is 1. The molecule has 1 unspecified atom stereocenters. The molecule has 92 valence electrons. The molecule has 0 aromatic carbocycles. The predicted octanol–water partition coefficient (Wildman–Crippen LogP) is -0.285. The van der Waals surface area contributed by atoms with Crippen LogP contribution in [-0.2, 0) is 14.3 Å². The monoisotopic (exact) mass is 258 g/mol. The van der Waals surface area contributed by atoms with Crippen molar-refractivity contribution in [2.45, 2.75) is 11.5 Å². The molecule has 0 aromatic heterocycles. The number of thioether (sulfide) groups is 1. The number of amides is 1. The van der Waals surface area contributed by atoms with E-state index in [0.29, 0.717) is 11.3 Å². The number of nitrogens with zero attached hydrogens (tertiary/aromatic N) is 2. The van der Waals surface area contributed by atoms with E-state index in [1.54, 1.807) is 0 Å². The number of carboxylic acids is 1. The lowest BCUT2D eigenvalue weighted by Gasteiger charge is -2.48. The van der Waals surface area contributed by atoms with E-state index in [1.807, 2.05) is 0 Å². The summed E-state index contributed by atoms with van der Waals surface area (Å²) in [5.74, 6) is -1.24. The number of fused-ring (bicyclic) bond motifs is 1. The maximum absolute atomic E-state index is 11.7. The van der Waals surface area contributed by atoms with Crippen LogP contribution in [0.4, 0.5) is 0 Å². The summed E-state index contributed by atoms with van der Waals surface area (Å²) < 4.78 is 4.98. The second-order valence-corrected chi connectivity index (χ2v) is 4.59. The van der Waals surface area contributed by atoms with Crippen LogP contribution < -0.4 is 0 Å². The lowest BCUT2D eigenvalue weighted by Crippen LogP contribution is -2.65. The van der Waals surface area contributed by atoms with Gasteiger partial charge in [-0.2, -0.15) is 0 Å². The molecule has 2 heterocycles. The maximum Gasteiger partial charge on any atom is 0.353 e. The molecule has 0 radical (unpaired) electrons. The quantitative estimate of drug-likeness (QED) is 0.312. The van der Waals surface area contributed by atoms with Gasteiger partial charge in [0.25, 0.3) is 5.91 Å². The molecule has 0 bridgehead atoms. The smallest absolute Gasteiger partial charge is 0.353 e. The van der Waals surface area contributed by atoms with E-state index in [-0.39, 0.29) is 17.0 Å². The molecule has 17 heavy (non-hydrogen) atoms. The maximum atomic E-state index is 11.7. The second-order valence-electron chi connectivity index (χ2n) is 3.49. The fraction of sp³-hybridized carbons (Fsp3) is 0.444. The van der Waals surface area contributed by atoms with Gasteiger partial charge in [0.15, 0.2) is 6.10 Å². The van der Waals surface area contributed by atoms with Crippen molar-refractivity contribution in [1.82, 2.24) is 4.90 Å². The SMILES string of the molecule is COC1C(=O)N2C(C(=O)O)=C(C=NO)CS[C@@H]12. The van der Waals surface area contributed by atoms with Crippen LogP contribution >= 0.6 is 11.8 Å². The van der Waals surface area contributed by atoms with Crippen LogP contribution in [0.3, 0.4) is 0 Å². The van der Waals surface area contributed by atoms with Crippen LogP contribution in [0.1, 0.15) is 0 Å². The second kappa shape index (κ2) is 4.38. The molecule has 1 fully saturated rings. The van der Waals surface area contributed by atoms with E-state index in [0.717, 1.165) is 6.21 Å². The summed E-state index contributed by atoms with van der Waals surface area (Å²) in [5, 5.41) is 20.0. The minimum atomic E-state index is -1.21. The molecular formula is C9H10N2O5S. The Kier molecular flexibility index (Phi) is 3.07. The number of ether oxygens (including phenoxy) is 1. The van der Waals surface area contributed by atoms with Crippen molar-refractivity contribution in [2.24, 2.45) is 5.16 Å². The summed E-state index contributed by atoms with van der Waals surface area (Å²) in [7, 11) is 1.41. The van der Waals surface area contributed by atoms with E-state index in [9.17, 15) is 9.59 Å². The van der Waals surface area contributed by atoms with Crippen molar-refractivity contribution in [3.05, 3.63) is 11.3 Å². The molecule has 0 saturated carbocycles. The van der Waals surface area contributed by atoms with Crippen molar-refractivity contribution in [2.75, 3.05) is 12.9 Å². The Morgan fingerprint density at radius 3 is 2.94 bits per heavy atom. The van der Waals surface area contributed by atoms with E-state index < -0.39 is 12.1 Å². The fourth-order valence-corrected chi connectivity index (χ4v) is 3.18. The molecule has 8 heteroatoms. The van der Waals surface area contributed by atoms with Crippen molar-refractivity contribution in [1.29, 1.82) is 0 Å². The van der Waals surface area contributed by atoms with Gasteiger partial charge in [-0.15, -0.1) is 11.8 Å². The molecule has 0 spiro atoms. The average Bonchev–Trinajstić information content (AvgIpc) is 2.29. The zero-order valence-electron chi connectivity index (χ0n) is 8.86. The Balaban J connectivity index is 2.37. The predicted molar refractivity (Wildman–Crippen MR) is 58.8 cm³/mol. The summed E-state index contributed by atoms with van der Waals surface area (Å²) >= 11 is 1.38. The first-order chi connectivity index (χ1) is 8.11. The number of aliphatic carboxylic acids is 1. The molecule has 0 aliphatic carbocycles. The van der Waals surface area contributed by atoms with Crippen molar-refractivity contribution < 1.29 is 24.6 Å². The highest BCUT2D eigenvalue weighted by molar-refractivity contribution is 8.00. The van der Waals surface area contributed by atoms with Crippen molar-refractivity contribution in [3.8, 4) is 0 Å². The normalized spacial score (nSPS) is 28.3. The Labute approximate surface area is 101 Å². The van der Waals surface area contributed by atoms with Crippen LogP contribution in [0.15, 0.2) is 16.4 Å². The molecule has 2 N–H and O–H groups in total. The third kappa shape index (κ3) is 1.69. The third-order valence-corrected chi connectivity index (χ3v) is 3.90. The largest absolute Gasteiger partial charge is 0.477 e. The highest BCUT2D eigenvalue weighted by atomic mass is 32.2. The van der Waals surface area contributed by atoms with Crippen LogP contribution in [0.2, 0.25) is 0 Å². The van der Waals surface area contributed by atoms with Crippen molar-refractivity contribution in [3.63, 3.8) is 0 Å². The number of oxime groups is 1. The number of hydrogen-bond donors (Lipinski definition) is 2. The van der Waals surface area contributed by atoms with Gasteiger partial charge < -0.3 is 15.1 Å². The van der Waals surface area contributed by atoms with Gasteiger partial charge in [-0.3, -0.25) is 9.69 Å². The highest BCUT2D eigenvalue weighted by Crippen LogP contribution is 2.40. The van der Waals surface area contributed by atoms with E-state index in [4.69, 9.17) is 15.1 Å². The fourth-order valence-electron chi connectivity index (χ4n) is 1.86. The number of carbonyl (C=O) groups is 2. The van der Waals surface area contributed by atoms with E-state index in [2.05, 4.69) is 5.16 Å². The molecule has 0 aromatic rings. The zero-order valence-corrected chi connectivity index (χ0v) is 9.68. The molecule has 1 amide bonds. The summed E-state index contributed by atoms with van der Waals surface area (Å²) in [6, 6.07) is 0. The van der Waals surface area contributed by atoms with Crippen LogP contribution in [0.25, 0.3) is 0 Å². The molecular weight excluding hydrogens is 248 g/mol. The average molecular weight is 258 g/mol. The molecule has 1 saturated heterocycles.